The Balaban J connectivity index is 3.26. The van der Waals surface area contributed by atoms with Crippen LogP contribution in [0.2, 0.25) is 0 Å². The molecule has 0 aromatic rings. The van der Waals surface area contributed by atoms with Crippen LogP contribution in [0.4, 0.5) is 0 Å². The summed E-state index contributed by atoms with van der Waals surface area (Å²) < 4.78 is 25.2. The molecule has 1 fully saturated rings. The molecule has 132 valence electrons. The van der Waals surface area contributed by atoms with Crippen LogP contribution in [0.25, 0.3) is 4.85 Å². The highest BCUT2D eigenvalue weighted by Gasteiger charge is 2.56. The summed E-state index contributed by atoms with van der Waals surface area (Å²) in [5.74, 6) is -3.09. The van der Waals surface area contributed by atoms with E-state index >= 15 is 0 Å². The smallest absolute Gasteiger partial charge is 0.371 e. The van der Waals surface area contributed by atoms with Crippen molar-refractivity contribution in [1.29, 1.82) is 0 Å². The highest BCUT2D eigenvalue weighted by atomic mass is 16.7. The Morgan fingerprint density at radius 3 is 1.58 bits per heavy atom. The van der Waals surface area contributed by atoms with Gasteiger partial charge in [0.1, 0.15) is 0 Å². The van der Waals surface area contributed by atoms with Crippen LogP contribution < -0.4 is 0 Å². The monoisotopic (exact) mass is 343 g/mol. The van der Waals surface area contributed by atoms with Crippen LogP contribution in [0.15, 0.2) is 0 Å². The largest absolute Gasteiger partial charge is 0.454 e. The lowest BCUT2D eigenvalue weighted by molar-refractivity contribution is -0.288. The molecule has 0 unspecified atom stereocenters. The topological polar surface area (TPSA) is 119 Å². The summed E-state index contributed by atoms with van der Waals surface area (Å²) in [6.07, 6.45) is -7.07. The lowest BCUT2D eigenvalue weighted by atomic mass is 10.0. The quantitative estimate of drug-likeness (QED) is 0.393. The molecule has 0 spiro atoms. The summed E-state index contributed by atoms with van der Waals surface area (Å²) in [5.41, 5.74) is 0. The van der Waals surface area contributed by atoms with Crippen molar-refractivity contribution in [3.8, 4) is 0 Å². The lowest BCUT2D eigenvalue weighted by Gasteiger charge is -2.39. The van der Waals surface area contributed by atoms with Crippen LogP contribution in [0.3, 0.4) is 0 Å². The minimum absolute atomic E-state index is 0.762. The van der Waals surface area contributed by atoms with Crippen molar-refractivity contribution in [3.63, 3.8) is 0 Å². The van der Waals surface area contributed by atoms with Gasteiger partial charge < -0.3 is 18.9 Å². The summed E-state index contributed by atoms with van der Waals surface area (Å²) in [6, 6.07) is 0. The Labute approximate surface area is 137 Å². The minimum atomic E-state index is -1.50. The van der Waals surface area contributed by atoms with Crippen molar-refractivity contribution in [2.45, 2.75) is 58.5 Å². The SMILES string of the molecule is [C-]#[N+][C@H]1O[C@H](OC(C)=O)[C@@H](OC(C)=O)[C@H](OC(C)=O)[C@H]1OC(C)=O. The van der Waals surface area contributed by atoms with Gasteiger partial charge in [0.05, 0.1) is 0 Å². The fourth-order valence-corrected chi connectivity index (χ4v) is 2.12. The van der Waals surface area contributed by atoms with Crippen molar-refractivity contribution in [3.05, 3.63) is 11.4 Å². The van der Waals surface area contributed by atoms with Crippen LogP contribution in [0.1, 0.15) is 27.7 Å². The number of hydrogen-bond donors (Lipinski definition) is 0. The predicted octanol–water partition coefficient (Wildman–Crippen LogP) is -0.0537. The molecule has 0 aromatic heterocycles. The third-order valence-electron chi connectivity index (χ3n) is 2.79. The van der Waals surface area contributed by atoms with Gasteiger partial charge in [0.15, 0.2) is 6.10 Å². The third kappa shape index (κ3) is 5.20. The fourth-order valence-electron chi connectivity index (χ4n) is 2.12. The maximum Gasteiger partial charge on any atom is 0.371 e. The minimum Gasteiger partial charge on any atom is -0.454 e. The Morgan fingerprint density at radius 2 is 1.17 bits per heavy atom. The van der Waals surface area contributed by atoms with Crippen molar-refractivity contribution < 1.29 is 42.9 Å². The Bertz CT molecular complexity index is 567. The molecule has 1 saturated heterocycles. The van der Waals surface area contributed by atoms with Gasteiger partial charge in [0.25, 0.3) is 6.29 Å². The van der Waals surface area contributed by atoms with Crippen molar-refractivity contribution in [2.75, 3.05) is 0 Å². The number of hydrogen-bond acceptors (Lipinski definition) is 9. The fraction of sp³-hybridized carbons (Fsp3) is 0.643. The van der Waals surface area contributed by atoms with Crippen LogP contribution in [0, 0.1) is 6.57 Å². The van der Waals surface area contributed by atoms with Gasteiger partial charge in [-0.25, -0.2) is 6.57 Å². The van der Waals surface area contributed by atoms with Crippen LogP contribution in [0.5, 0.6) is 0 Å². The Kier molecular flexibility index (Phi) is 6.67. The van der Waals surface area contributed by atoms with Crippen LogP contribution >= 0.6 is 0 Å². The van der Waals surface area contributed by atoms with E-state index in [1.807, 2.05) is 0 Å². The van der Waals surface area contributed by atoms with E-state index in [0.29, 0.717) is 0 Å². The maximum absolute atomic E-state index is 11.4. The summed E-state index contributed by atoms with van der Waals surface area (Å²) in [6.45, 7) is 11.5. The summed E-state index contributed by atoms with van der Waals surface area (Å²) in [4.78, 5) is 48.3. The molecule has 1 aliphatic rings. The number of ether oxygens (including phenoxy) is 5. The second kappa shape index (κ2) is 8.26. The molecule has 1 heterocycles. The first-order chi connectivity index (χ1) is 11.1. The zero-order chi connectivity index (χ0) is 18.4. The average Bonchev–Trinajstić information content (AvgIpc) is 2.42. The van der Waals surface area contributed by atoms with E-state index in [1.165, 1.54) is 0 Å². The van der Waals surface area contributed by atoms with Gasteiger partial charge in [0.2, 0.25) is 12.2 Å². The van der Waals surface area contributed by atoms with E-state index in [4.69, 9.17) is 30.3 Å². The second-order valence-corrected chi connectivity index (χ2v) is 4.86. The summed E-state index contributed by atoms with van der Waals surface area (Å²) in [5, 5.41) is 0. The maximum atomic E-state index is 11.4. The molecule has 0 N–H and O–H groups in total. The molecule has 0 radical (unpaired) electrons. The zero-order valence-electron chi connectivity index (χ0n) is 13.5. The van der Waals surface area contributed by atoms with E-state index in [-0.39, 0.29) is 0 Å². The summed E-state index contributed by atoms with van der Waals surface area (Å²) in [7, 11) is 0. The average molecular weight is 343 g/mol. The molecule has 0 saturated carbocycles. The molecule has 1 rings (SSSR count). The highest BCUT2D eigenvalue weighted by Crippen LogP contribution is 2.30. The van der Waals surface area contributed by atoms with Gasteiger partial charge in [-0.3, -0.25) is 28.8 Å². The van der Waals surface area contributed by atoms with E-state index < -0.39 is 54.7 Å². The molecule has 5 atom stereocenters. The highest BCUT2D eigenvalue weighted by molar-refractivity contribution is 5.69. The van der Waals surface area contributed by atoms with Gasteiger partial charge in [-0.15, -0.1) is 0 Å². The molecule has 1 aliphatic heterocycles. The second-order valence-electron chi connectivity index (χ2n) is 4.86. The van der Waals surface area contributed by atoms with Crippen LogP contribution in [-0.2, 0) is 42.9 Å². The van der Waals surface area contributed by atoms with Gasteiger partial charge in [0, 0.05) is 27.7 Å². The number of carbonyl (C=O) groups is 4. The number of esters is 4. The van der Waals surface area contributed by atoms with Crippen molar-refractivity contribution in [1.82, 2.24) is 0 Å². The number of nitrogens with zero attached hydrogens (tertiary/aromatic N) is 1. The molecule has 10 heteroatoms. The Morgan fingerprint density at radius 1 is 0.750 bits per heavy atom. The number of carbonyl (C=O) groups excluding carboxylic acids is 4. The Hall–Kier alpha value is -2.67. The van der Waals surface area contributed by atoms with Crippen LogP contribution in [-0.4, -0.2) is 54.7 Å². The first-order valence-corrected chi connectivity index (χ1v) is 6.86. The molecule has 0 bridgehead atoms. The lowest BCUT2D eigenvalue weighted by Crippen LogP contribution is -2.61. The van der Waals surface area contributed by atoms with Gasteiger partial charge >= 0.3 is 30.1 Å². The molecule has 0 aromatic carbocycles. The van der Waals surface area contributed by atoms with Gasteiger partial charge in [-0.05, 0) is 0 Å². The molecular weight excluding hydrogens is 326 g/mol. The van der Waals surface area contributed by atoms with Crippen molar-refractivity contribution in [2.24, 2.45) is 0 Å². The number of rotatable bonds is 4. The standard InChI is InChI=1S/C14H17NO9/c1-6(16)20-10-11(21-7(2)17)13(15-5)24-14(23-9(4)19)12(10)22-8(3)18/h10-14H,1-4H3/t10-,11-,12+,13+,14+/m1/s1. The molecule has 24 heavy (non-hydrogen) atoms. The van der Waals surface area contributed by atoms with E-state index in [9.17, 15) is 19.2 Å². The van der Waals surface area contributed by atoms with Gasteiger partial charge in [-0.2, -0.15) is 0 Å². The third-order valence-corrected chi connectivity index (χ3v) is 2.79. The molecule has 10 nitrogen and oxygen atoms in total. The molecule has 0 amide bonds. The predicted molar refractivity (Wildman–Crippen MR) is 73.7 cm³/mol. The molecular formula is C14H17NO9. The normalized spacial score (nSPS) is 28.9. The summed E-state index contributed by atoms with van der Waals surface area (Å²) >= 11 is 0. The molecule has 0 aliphatic carbocycles. The zero-order valence-corrected chi connectivity index (χ0v) is 13.5. The van der Waals surface area contributed by atoms with E-state index in [2.05, 4.69) is 4.85 Å². The van der Waals surface area contributed by atoms with Crippen molar-refractivity contribution >= 4 is 23.9 Å². The first kappa shape index (κ1) is 19.4. The van der Waals surface area contributed by atoms with E-state index in [0.717, 1.165) is 27.7 Å². The van der Waals surface area contributed by atoms with E-state index in [1.54, 1.807) is 0 Å². The van der Waals surface area contributed by atoms with Gasteiger partial charge in [-0.1, -0.05) is 0 Å². The first-order valence-electron chi connectivity index (χ1n) is 6.86.